The van der Waals surface area contributed by atoms with Crippen LogP contribution in [0.25, 0.3) is 0 Å². The fourth-order valence-electron chi connectivity index (χ4n) is 1.45. The number of nitrogens with one attached hydrogen (secondary N) is 1. The first-order valence-corrected chi connectivity index (χ1v) is 5.06. The van der Waals surface area contributed by atoms with Gasteiger partial charge in [-0.25, -0.2) is 0 Å². The van der Waals surface area contributed by atoms with Gasteiger partial charge in [-0.1, -0.05) is 13.8 Å². The molecule has 0 bridgehead atoms. The summed E-state index contributed by atoms with van der Waals surface area (Å²) in [4.78, 5) is 0. The van der Waals surface area contributed by atoms with E-state index in [9.17, 15) is 0 Å². The van der Waals surface area contributed by atoms with E-state index in [1.165, 1.54) is 12.8 Å². The number of aliphatic hydroxyl groups excluding tert-OH is 1. The average Bonchev–Trinajstić information content (AvgIpc) is 2.80. The van der Waals surface area contributed by atoms with E-state index in [1.54, 1.807) is 0 Å². The van der Waals surface area contributed by atoms with Gasteiger partial charge in [0.25, 0.3) is 0 Å². The quantitative estimate of drug-likeness (QED) is 0.633. The largest absolute Gasteiger partial charge is 0.395 e. The molecule has 2 N–H and O–H groups in total. The Hall–Kier alpha value is -0.0800. The van der Waals surface area contributed by atoms with Crippen molar-refractivity contribution in [1.29, 1.82) is 0 Å². The Balaban J connectivity index is 2.06. The second-order valence-corrected chi connectivity index (χ2v) is 4.36. The van der Waals surface area contributed by atoms with Crippen LogP contribution < -0.4 is 5.32 Å². The van der Waals surface area contributed by atoms with E-state index in [0.717, 1.165) is 18.9 Å². The minimum atomic E-state index is 0.283. The number of hydrogen-bond acceptors (Lipinski definition) is 2. The summed E-state index contributed by atoms with van der Waals surface area (Å²) >= 11 is 0. The minimum absolute atomic E-state index is 0.283. The molecule has 1 aliphatic rings. The summed E-state index contributed by atoms with van der Waals surface area (Å²) in [5.74, 6) is 1.58. The Morgan fingerprint density at radius 2 is 2.08 bits per heavy atom. The molecule has 0 aromatic heterocycles. The van der Waals surface area contributed by atoms with Crippen molar-refractivity contribution in [2.45, 2.75) is 39.2 Å². The third kappa shape index (κ3) is 4.07. The van der Waals surface area contributed by atoms with Crippen molar-refractivity contribution in [1.82, 2.24) is 5.32 Å². The molecule has 0 aliphatic heterocycles. The maximum atomic E-state index is 9.05. The van der Waals surface area contributed by atoms with Crippen molar-refractivity contribution in [3.8, 4) is 0 Å². The fraction of sp³-hybridized carbons (Fsp3) is 1.00. The molecule has 0 saturated heterocycles. The Bertz CT molecular complexity index is 121. The molecule has 1 rings (SSSR count). The molecule has 2 heteroatoms. The van der Waals surface area contributed by atoms with Gasteiger partial charge in [-0.2, -0.15) is 0 Å². The summed E-state index contributed by atoms with van der Waals surface area (Å²) in [5.41, 5.74) is 0. The Kier molecular flexibility index (Phi) is 4.02. The standard InChI is InChI=1S/C10H21NO/c1-8(2)5-10(7-12)11-6-9-3-4-9/h8-12H,3-7H2,1-2H3/t10-/m1/s1. The lowest BCUT2D eigenvalue weighted by Crippen LogP contribution is -2.35. The Labute approximate surface area is 75.4 Å². The number of aliphatic hydroxyl groups is 1. The van der Waals surface area contributed by atoms with E-state index in [2.05, 4.69) is 19.2 Å². The van der Waals surface area contributed by atoms with Crippen LogP contribution in [-0.4, -0.2) is 24.3 Å². The predicted molar refractivity (Wildman–Crippen MR) is 51.1 cm³/mol. The lowest BCUT2D eigenvalue weighted by atomic mass is 10.0. The van der Waals surface area contributed by atoms with Gasteiger partial charge in [0, 0.05) is 6.04 Å². The van der Waals surface area contributed by atoms with Gasteiger partial charge < -0.3 is 10.4 Å². The summed E-state index contributed by atoms with van der Waals surface area (Å²) in [6, 6.07) is 0.325. The maximum Gasteiger partial charge on any atom is 0.0584 e. The molecule has 72 valence electrons. The van der Waals surface area contributed by atoms with Crippen molar-refractivity contribution in [2.75, 3.05) is 13.2 Å². The van der Waals surface area contributed by atoms with Crippen LogP contribution in [0, 0.1) is 11.8 Å². The Morgan fingerprint density at radius 3 is 2.50 bits per heavy atom. The molecule has 0 unspecified atom stereocenters. The van der Waals surface area contributed by atoms with Crippen molar-refractivity contribution >= 4 is 0 Å². The molecule has 2 nitrogen and oxygen atoms in total. The van der Waals surface area contributed by atoms with Gasteiger partial charge in [0.1, 0.15) is 0 Å². The molecule has 0 radical (unpaired) electrons. The maximum absolute atomic E-state index is 9.05. The van der Waals surface area contributed by atoms with E-state index in [-0.39, 0.29) is 6.61 Å². The third-order valence-corrected chi connectivity index (χ3v) is 2.37. The van der Waals surface area contributed by atoms with E-state index >= 15 is 0 Å². The highest BCUT2D eigenvalue weighted by molar-refractivity contribution is 4.78. The molecular formula is C10H21NO. The zero-order chi connectivity index (χ0) is 8.97. The summed E-state index contributed by atoms with van der Waals surface area (Å²) in [6.07, 6.45) is 3.85. The van der Waals surface area contributed by atoms with E-state index < -0.39 is 0 Å². The van der Waals surface area contributed by atoms with Gasteiger partial charge in [-0.05, 0) is 37.6 Å². The molecule has 0 heterocycles. The van der Waals surface area contributed by atoms with Crippen molar-refractivity contribution in [3.05, 3.63) is 0 Å². The van der Waals surface area contributed by atoms with Gasteiger partial charge in [0.05, 0.1) is 6.61 Å². The topological polar surface area (TPSA) is 32.3 Å². The first-order chi connectivity index (χ1) is 5.72. The molecule has 0 amide bonds. The summed E-state index contributed by atoms with van der Waals surface area (Å²) in [6.45, 7) is 5.78. The highest BCUT2D eigenvalue weighted by Crippen LogP contribution is 2.27. The molecule has 0 spiro atoms. The van der Waals surface area contributed by atoms with Crippen LogP contribution in [0.4, 0.5) is 0 Å². The first kappa shape index (κ1) is 10.0. The Morgan fingerprint density at radius 1 is 1.42 bits per heavy atom. The van der Waals surface area contributed by atoms with E-state index in [1.807, 2.05) is 0 Å². The zero-order valence-electron chi connectivity index (χ0n) is 8.21. The fourth-order valence-corrected chi connectivity index (χ4v) is 1.45. The van der Waals surface area contributed by atoms with Gasteiger partial charge >= 0.3 is 0 Å². The molecule has 12 heavy (non-hydrogen) atoms. The number of rotatable bonds is 6. The van der Waals surface area contributed by atoms with Gasteiger partial charge in [0.2, 0.25) is 0 Å². The monoisotopic (exact) mass is 171 g/mol. The lowest BCUT2D eigenvalue weighted by Gasteiger charge is -2.17. The van der Waals surface area contributed by atoms with Crippen molar-refractivity contribution in [2.24, 2.45) is 11.8 Å². The predicted octanol–water partition coefficient (Wildman–Crippen LogP) is 1.39. The van der Waals surface area contributed by atoms with Gasteiger partial charge in [0.15, 0.2) is 0 Å². The van der Waals surface area contributed by atoms with Crippen LogP contribution in [0.5, 0.6) is 0 Å². The van der Waals surface area contributed by atoms with Crippen LogP contribution in [0.1, 0.15) is 33.1 Å². The molecule has 0 aromatic carbocycles. The summed E-state index contributed by atoms with van der Waals surface area (Å²) < 4.78 is 0. The zero-order valence-corrected chi connectivity index (χ0v) is 8.21. The molecule has 1 saturated carbocycles. The number of hydrogen-bond donors (Lipinski definition) is 2. The van der Waals surface area contributed by atoms with E-state index in [4.69, 9.17) is 5.11 Å². The van der Waals surface area contributed by atoms with Crippen LogP contribution >= 0.6 is 0 Å². The molecular weight excluding hydrogens is 150 g/mol. The van der Waals surface area contributed by atoms with Crippen LogP contribution in [0.3, 0.4) is 0 Å². The summed E-state index contributed by atoms with van der Waals surface area (Å²) in [7, 11) is 0. The van der Waals surface area contributed by atoms with Gasteiger partial charge in [-0.3, -0.25) is 0 Å². The van der Waals surface area contributed by atoms with Crippen LogP contribution in [0.15, 0.2) is 0 Å². The molecule has 1 atom stereocenters. The highest BCUT2D eigenvalue weighted by Gasteiger charge is 2.22. The second-order valence-electron chi connectivity index (χ2n) is 4.36. The van der Waals surface area contributed by atoms with Crippen molar-refractivity contribution < 1.29 is 5.11 Å². The molecule has 1 fully saturated rings. The molecule has 1 aliphatic carbocycles. The van der Waals surface area contributed by atoms with Crippen molar-refractivity contribution in [3.63, 3.8) is 0 Å². The molecule has 0 aromatic rings. The third-order valence-electron chi connectivity index (χ3n) is 2.37. The summed E-state index contributed by atoms with van der Waals surface area (Å²) in [5, 5.41) is 12.5. The van der Waals surface area contributed by atoms with Crippen LogP contribution in [0.2, 0.25) is 0 Å². The van der Waals surface area contributed by atoms with Gasteiger partial charge in [-0.15, -0.1) is 0 Å². The SMILES string of the molecule is CC(C)C[C@H](CO)NCC1CC1. The van der Waals surface area contributed by atoms with Crippen LogP contribution in [-0.2, 0) is 0 Å². The lowest BCUT2D eigenvalue weighted by molar-refractivity contribution is 0.223. The normalized spacial score (nSPS) is 20.0. The first-order valence-electron chi connectivity index (χ1n) is 5.06. The minimum Gasteiger partial charge on any atom is -0.395 e. The highest BCUT2D eigenvalue weighted by atomic mass is 16.3. The average molecular weight is 171 g/mol. The second kappa shape index (κ2) is 4.83. The van der Waals surface area contributed by atoms with E-state index in [0.29, 0.717) is 12.0 Å². The smallest absolute Gasteiger partial charge is 0.0584 e.